The first-order valence-electron chi connectivity index (χ1n) is 6.79. The Hall–Kier alpha value is -1.30. The summed E-state index contributed by atoms with van der Waals surface area (Å²) in [6.45, 7) is 2.60. The summed E-state index contributed by atoms with van der Waals surface area (Å²) in [7, 11) is 3.42. The molecule has 5 heteroatoms. The molecule has 0 saturated carbocycles. The van der Waals surface area contributed by atoms with Crippen LogP contribution in [-0.2, 0) is 6.61 Å². The zero-order chi connectivity index (χ0) is 15.0. The molecule has 114 valence electrons. The van der Waals surface area contributed by atoms with Crippen molar-refractivity contribution in [3.05, 3.63) is 23.8 Å². The van der Waals surface area contributed by atoms with Crippen molar-refractivity contribution >= 4 is 0 Å². The minimum Gasteiger partial charge on any atom is -0.493 e. The quantitative estimate of drug-likeness (QED) is 0.596. The lowest BCUT2D eigenvalue weighted by molar-refractivity contribution is 0.163. The van der Waals surface area contributed by atoms with Crippen LogP contribution in [0.1, 0.15) is 25.3 Å². The van der Waals surface area contributed by atoms with Gasteiger partial charge in [-0.1, -0.05) is 6.07 Å². The van der Waals surface area contributed by atoms with Crippen molar-refractivity contribution < 1.29 is 19.7 Å². The molecule has 0 aliphatic rings. The van der Waals surface area contributed by atoms with Gasteiger partial charge in [-0.25, -0.2) is 0 Å². The Morgan fingerprint density at radius 3 is 2.55 bits per heavy atom. The number of benzene rings is 1. The summed E-state index contributed by atoms with van der Waals surface area (Å²) < 4.78 is 10.9. The largest absolute Gasteiger partial charge is 0.493 e. The topological polar surface area (TPSA) is 71.0 Å². The highest BCUT2D eigenvalue weighted by Crippen LogP contribution is 2.28. The second-order valence-corrected chi connectivity index (χ2v) is 5.06. The number of hydrogen-bond donors (Lipinski definition) is 3. The van der Waals surface area contributed by atoms with Crippen LogP contribution in [0.25, 0.3) is 0 Å². The molecule has 0 radical (unpaired) electrons. The van der Waals surface area contributed by atoms with E-state index in [4.69, 9.17) is 14.6 Å². The SMILES string of the molecule is CNC(C)(CO)CCCOc1ccc(CO)cc1OC. The van der Waals surface area contributed by atoms with E-state index in [0.29, 0.717) is 18.1 Å². The summed E-state index contributed by atoms with van der Waals surface area (Å²) in [5.41, 5.74) is 0.519. The Morgan fingerprint density at radius 2 is 2.00 bits per heavy atom. The fourth-order valence-corrected chi connectivity index (χ4v) is 1.86. The molecule has 1 atom stereocenters. The fraction of sp³-hybridized carbons (Fsp3) is 0.600. The van der Waals surface area contributed by atoms with Gasteiger partial charge in [0.25, 0.3) is 0 Å². The highest BCUT2D eigenvalue weighted by Gasteiger charge is 2.19. The first-order chi connectivity index (χ1) is 9.58. The van der Waals surface area contributed by atoms with Crippen LogP contribution in [0.15, 0.2) is 18.2 Å². The zero-order valence-electron chi connectivity index (χ0n) is 12.5. The molecule has 0 bridgehead atoms. The second kappa shape index (κ2) is 8.09. The molecule has 5 nitrogen and oxygen atoms in total. The van der Waals surface area contributed by atoms with Gasteiger partial charge >= 0.3 is 0 Å². The molecule has 1 aromatic carbocycles. The van der Waals surface area contributed by atoms with Crippen LogP contribution in [-0.4, -0.2) is 43.1 Å². The Morgan fingerprint density at radius 1 is 1.25 bits per heavy atom. The summed E-state index contributed by atoms with van der Waals surface area (Å²) >= 11 is 0. The molecule has 0 aromatic heterocycles. The van der Waals surface area contributed by atoms with Crippen molar-refractivity contribution in [2.45, 2.75) is 31.9 Å². The van der Waals surface area contributed by atoms with E-state index in [9.17, 15) is 5.11 Å². The van der Waals surface area contributed by atoms with Gasteiger partial charge in [0.15, 0.2) is 11.5 Å². The highest BCUT2D eigenvalue weighted by molar-refractivity contribution is 5.42. The van der Waals surface area contributed by atoms with Crippen LogP contribution in [0.4, 0.5) is 0 Å². The first kappa shape index (κ1) is 16.8. The van der Waals surface area contributed by atoms with E-state index in [2.05, 4.69) is 5.32 Å². The molecule has 0 aliphatic heterocycles. The van der Waals surface area contributed by atoms with Crippen molar-refractivity contribution in [1.29, 1.82) is 0 Å². The van der Waals surface area contributed by atoms with E-state index in [-0.39, 0.29) is 18.8 Å². The standard InChI is InChI=1S/C15H25NO4/c1-15(11-18,16-2)7-4-8-20-13-6-5-12(10-17)9-14(13)19-3/h5-6,9,16-18H,4,7-8,10-11H2,1-3H3. The minimum atomic E-state index is -0.270. The lowest BCUT2D eigenvalue weighted by atomic mass is 9.97. The third-order valence-electron chi connectivity index (χ3n) is 3.49. The van der Waals surface area contributed by atoms with Gasteiger partial charge < -0.3 is 25.0 Å². The van der Waals surface area contributed by atoms with Gasteiger partial charge in [0, 0.05) is 5.54 Å². The number of methoxy groups -OCH3 is 1. The van der Waals surface area contributed by atoms with Crippen LogP contribution in [0.2, 0.25) is 0 Å². The summed E-state index contributed by atoms with van der Waals surface area (Å²) in [5, 5.41) is 21.5. The van der Waals surface area contributed by atoms with Crippen LogP contribution >= 0.6 is 0 Å². The van der Waals surface area contributed by atoms with Crippen molar-refractivity contribution in [2.75, 3.05) is 27.4 Å². The normalized spacial score (nSPS) is 13.8. The maximum atomic E-state index is 9.29. The third-order valence-corrected chi connectivity index (χ3v) is 3.49. The Kier molecular flexibility index (Phi) is 6.78. The molecular formula is C15H25NO4. The Labute approximate surface area is 120 Å². The zero-order valence-corrected chi connectivity index (χ0v) is 12.5. The van der Waals surface area contributed by atoms with Crippen molar-refractivity contribution in [3.63, 3.8) is 0 Å². The summed E-state index contributed by atoms with van der Waals surface area (Å²) in [5.74, 6) is 1.29. The maximum absolute atomic E-state index is 9.29. The van der Waals surface area contributed by atoms with E-state index < -0.39 is 0 Å². The van der Waals surface area contributed by atoms with Crippen molar-refractivity contribution in [3.8, 4) is 11.5 Å². The average molecular weight is 283 g/mol. The van der Waals surface area contributed by atoms with Gasteiger partial charge in [-0.15, -0.1) is 0 Å². The lowest BCUT2D eigenvalue weighted by Crippen LogP contribution is -2.43. The van der Waals surface area contributed by atoms with E-state index in [0.717, 1.165) is 18.4 Å². The molecule has 0 aliphatic carbocycles. The van der Waals surface area contributed by atoms with Crippen molar-refractivity contribution in [1.82, 2.24) is 5.32 Å². The van der Waals surface area contributed by atoms with Gasteiger partial charge in [0.05, 0.1) is 26.9 Å². The number of aliphatic hydroxyl groups excluding tert-OH is 2. The van der Waals surface area contributed by atoms with E-state index >= 15 is 0 Å². The average Bonchev–Trinajstić information content (AvgIpc) is 2.51. The molecule has 1 unspecified atom stereocenters. The Bertz CT molecular complexity index is 405. The fourth-order valence-electron chi connectivity index (χ4n) is 1.86. The van der Waals surface area contributed by atoms with Crippen LogP contribution < -0.4 is 14.8 Å². The van der Waals surface area contributed by atoms with Crippen LogP contribution in [0.5, 0.6) is 11.5 Å². The van der Waals surface area contributed by atoms with Crippen molar-refractivity contribution in [2.24, 2.45) is 0 Å². The number of aliphatic hydroxyl groups is 2. The molecule has 0 heterocycles. The molecule has 0 fully saturated rings. The Balaban J connectivity index is 2.50. The summed E-state index contributed by atoms with van der Waals surface area (Å²) in [6, 6.07) is 5.37. The number of nitrogens with one attached hydrogen (secondary N) is 1. The molecule has 3 N–H and O–H groups in total. The van der Waals surface area contributed by atoms with Gasteiger partial charge in [-0.2, -0.15) is 0 Å². The third kappa shape index (κ3) is 4.67. The molecule has 0 spiro atoms. The van der Waals surface area contributed by atoms with E-state index in [1.807, 2.05) is 20.0 Å². The van der Waals surface area contributed by atoms with Gasteiger partial charge in [-0.05, 0) is 44.5 Å². The molecule has 20 heavy (non-hydrogen) atoms. The van der Waals surface area contributed by atoms with E-state index in [1.165, 1.54) is 0 Å². The predicted octanol–water partition coefficient (Wildman–Crippen LogP) is 1.32. The van der Waals surface area contributed by atoms with Gasteiger partial charge in [0.2, 0.25) is 0 Å². The minimum absolute atomic E-state index is 0.0202. The molecule has 0 amide bonds. The van der Waals surface area contributed by atoms with Crippen LogP contribution in [0, 0.1) is 0 Å². The molecular weight excluding hydrogens is 258 g/mol. The monoisotopic (exact) mass is 283 g/mol. The molecule has 1 rings (SSSR count). The maximum Gasteiger partial charge on any atom is 0.161 e. The molecule has 1 aromatic rings. The number of rotatable bonds is 9. The number of likely N-dealkylation sites (N-methyl/N-ethyl adjacent to an activating group) is 1. The second-order valence-electron chi connectivity index (χ2n) is 5.06. The predicted molar refractivity (Wildman–Crippen MR) is 78.2 cm³/mol. The first-order valence-corrected chi connectivity index (χ1v) is 6.79. The lowest BCUT2D eigenvalue weighted by Gasteiger charge is -2.26. The smallest absolute Gasteiger partial charge is 0.161 e. The number of ether oxygens (including phenoxy) is 2. The van der Waals surface area contributed by atoms with Crippen LogP contribution in [0.3, 0.4) is 0 Å². The van der Waals surface area contributed by atoms with Gasteiger partial charge in [-0.3, -0.25) is 0 Å². The highest BCUT2D eigenvalue weighted by atomic mass is 16.5. The summed E-state index contributed by atoms with van der Waals surface area (Å²) in [4.78, 5) is 0. The van der Waals surface area contributed by atoms with Gasteiger partial charge in [0.1, 0.15) is 0 Å². The number of hydrogen-bond acceptors (Lipinski definition) is 5. The summed E-state index contributed by atoms with van der Waals surface area (Å²) in [6.07, 6.45) is 1.64. The van der Waals surface area contributed by atoms with E-state index in [1.54, 1.807) is 19.2 Å². The molecule has 0 saturated heterocycles.